The number of hydrogen-bond acceptors (Lipinski definition) is 4. The van der Waals surface area contributed by atoms with Crippen LogP contribution in [0.15, 0.2) is 33.9 Å². The van der Waals surface area contributed by atoms with Crippen molar-refractivity contribution in [3.05, 3.63) is 56.4 Å². The SMILES string of the molecule is Cc1ccc(NC(=O)Oc2ccc(C)[nH]c2=O)c(=O)[nH]1. The van der Waals surface area contributed by atoms with E-state index in [0.29, 0.717) is 11.4 Å². The number of aromatic nitrogens is 2. The molecule has 0 unspecified atom stereocenters. The number of aryl methyl sites for hydroxylation is 2. The maximum atomic E-state index is 11.6. The van der Waals surface area contributed by atoms with Crippen molar-refractivity contribution in [1.29, 1.82) is 0 Å². The highest BCUT2D eigenvalue weighted by Crippen LogP contribution is 2.05. The lowest BCUT2D eigenvalue weighted by Gasteiger charge is -2.05. The smallest absolute Gasteiger partial charge is 0.404 e. The third-order valence-electron chi connectivity index (χ3n) is 2.51. The molecule has 104 valence electrons. The number of anilines is 1. The van der Waals surface area contributed by atoms with Crippen LogP contribution in [0, 0.1) is 13.8 Å². The van der Waals surface area contributed by atoms with Crippen molar-refractivity contribution in [3.8, 4) is 5.75 Å². The Balaban J connectivity index is 2.13. The second-order valence-corrected chi connectivity index (χ2v) is 4.23. The summed E-state index contributed by atoms with van der Waals surface area (Å²) in [5.74, 6) is -0.142. The number of hydrogen-bond donors (Lipinski definition) is 3. The summed E-state index contributed by atoms with van der Waals surface area (Å²) in [5.41, 5.74) is 0.406. The third-order valence-corrected chi connectivity index (χ3v) is 2.51. The second-order valence-electron chi connectivity index (χ2n) is 4.23. The first-order valence-corrected chi connectivity index (χ1v) is 5.84. The van der Waals surface area contributed by atoms with Crippen LogP contribution in [0.5, 0.6) is 5.75 Å². The molecule has 0 fully saturated rings. The number of amides is 1. The number of rotatable bonds is 2. The lowest BCUT2D eigenvalue weighted by molar-refractivity contribution is 0.214. The molecule has 2 rings (SSSR count). The average Bonchev–Trinajstić information content (AvgIpc) is 2.36. The quantitative estimate of drug-likeness (QED) is 0.768. The van der Waals surface area contributed by atoms with E-state index in [9.17, 15) is 14.4 Å². The summed E-state index contributed by atoms with van der Waals surface area (Å²) in [6, 6.07) is 6.07. The summed E-state index contributed by atoms with van der Waals surface area (Å²) in [4.78, 5) is 39.7. The van der Waals surface area contributed by atoms with E-state index in [2.05, 4.69) is 15.3 Å². The molecular weight excluding hydrogens is 262 g/mol. The normalized spacial score (nSPS) is 10.1. The van der Waals surface area contributed by atoms with Crippen LogP contribution >= 0.6 is 0 Å². The van der Waals surface area contributed by atoms with Crippen LogP contribution in [0.1, 0.15) is 11.4 Å². The van der Waals surface area contributed by atoms with Gasteiger partial charge in [-0.1, -0.05) is 0 Å². The van der Waals surface area contributed by atoms with E-state index >= 15 is 0 Å². The van der Waals surface area contributed by atoms with Crippen LogP contribution in [0.4, 0.5) is 10.5 Å². The summed E-state index contributed by atoms with van der Waals surface area (Å²) >= 11 is 0. The minimum Gasteiger partial charge on any atom is -0.404 e. The molecule has 2 heterocycles. The lowest BCUT2D eigenvalue weighted by atomic mass is 10.3. The molecule has 0 saturated carbocycles. The van der Waals surface area contributed by atoms with Gasteiger partial charge in [-0.25, -0.2) is 4.79 Å². The molecule has 0 saturated heterocycles. The molecule has 0 bridgehead atoms. The van der Waals surface area contributed by atoms with E-state index in [-0.39, 0.29) is 11.4 Å². The minimum absolute atomic E-state index is 0.0455. The van der Waals surface area contributed by atoms with Crippen LogP contribution in [-0.4, -0.2) is 16.1 Å². The molecule has 3 N–H and O–H groups in total. The zero-order valence-corrected chi connectivity index (χ0v) is 10.9. The van der Waals surface area contributed by atoms with Crippen LogP contribution in [0.25, 0.3) is 0 Å². The Bertz CT molecular complexity index is 697. The molecule has 2 aromatic heterocycles. The zero-order chi connectivity index (χ0) is 14.7. The van der Waals surface area contributed by atoms with E-state index in [1.165, 1.54) is 12.1 Å². The van der Waals surface area contributed by atoms with Crippen LogP contribution in [0.2, 0.25) is 0 Å². The standard InChI is InChI=1S/C13H13N3O4/c1-7-3-5-9(11(17)14-7)16-13(19)20-10-6-4-8(2)15-12(10)18/h3-6H,1-2H3,(H,14,17)(H,15,18)(H,16,19). The Labute approximate surface area is 113 Å². The molecule has 20 heavy (non-hydrogen) atoms. The lowest BCUT2D eigenvalue weighted by Crippen LogP contribution is -2.25. The molecule has 1 amide bonds. The number of ether oxygens (including phenoxy) is 1. The predicted molar refractivity (Wildman–Crippen MR) is 73.2 cm³/mol. The fourth-order valence-corrected chi connectivity index (χ4v) is 1.54. The fraction of sp³-hybridized carbons (Fsp3) is 0.154. The minimum atomic E-state index is -0.909. The van der Waals surface area contributed by atoms with E-state index < -0.39 is 17.2 Å². The molecule has 2 aromatic rings. The highest BCUT2D eigenvalue weighted by Gasteiger charge is 2.10. The Hall–Kier alpha value is -2.83. The average molecular weight is 275 g/mol. The third kappa shape index (κ3) is 3.14. The first-order valence-electron chi connectivity index (χ1n) is 5.84. The molecule has 0 aliphatic rings. The number of aromatic amines is 2. The van der Waals surface area contributed by atoms with Crippen molar-refractivity contribution in [2.75, 3.05) is 5.32 Å². The predicted octanol–water partition coefficient (Wildman–Crippen LogP) is 1.29. The summed E-state index contributed by atoms with van der Waals surface area (Å²) in [6.45, 7) is 3.42. The van der Waals surface area contributed by atoms with E-state index in [1.807, 2.05) is 0 Å². The van der Waals surface area contributed by atoms with Crippen molar-refractivity contribution in [3.63, 3.8) is 0 Å². The zero-order valence-electron chi connectivity index (χ0n) is 10.9. The molecular formula is C13H13N3O4. The van der Waals surface area contributed by atoms with Gasteiger partial charge in [-0.2, -0.15) is 0 Å². The molecule has 7 heteroatoms. The number of H-pyrrole nitrogens is 2. The van der Waals surface area contributed by atoms with Crippen LogP contribution in [0.3, 0.4) is 0 Å². The van der Waals surface area contributed by atoms with Crippen molar-refractivity contribution in [1.82, 2.24) is 9.97 Å². The van der Waals surface area contributed by atoms with E-state index in [4.69, 9.17) is 4.74 Å². The highest BCUT2D eigenvalue weighted by atomic mass is 16.6. The van der Waals surface area contributed by atoms with Gasteiger partial charge in [-0.15, -0.1) is 0 Å². The second kappa shape index (κ2) is 5.43. The van der Waals surface area contributed by atoms with Gasteiger partial charge in [0.1, 0.15) is 5.69 Å². The van der Waals surface area contributed by atoms with Crippen molar-refractivity contribution >= 4 is 11.8 Å². The van der Waals surface area contributed by atoms with Gasteiger partial charge in [-0.3, -0.25) is 14.9 Å². The molecule has 0 spiro atoms. The number of pyridine rings is 2. The van der Waals surface area contributed by atoms with Gasteiger partial charge in [0.05, 0.1) is 0 Å². The number of nitrogens with one attached hydrogen (secondary N) is 3. The van der Waals surface area contributed by atoms with Gasteiger partial charge in [0, 0.05) is 11.4 Å². The monoisotopic (exact) mass is 275 g/mol. The number of carbonyl (C=O) groups is 1. The molecule has 0 aliphatic heterocycles. The Morgan fingerprint density at radius 2 is 1.60 bits per heavy atom. The molecule has 0 aliphatic carbocycles. The van der Waals surface area contributed by atoms with Gasteiger partial charge in [0.25, 0.3) is 11.1 Å². The summed E-state index contributed by atoms with van der Waals surface area (Å²) < 4.78 is 4.84. The molecule has 0 atom stereocenters. The Morgan fingerprint density at radius 1 is 1.00 bits per heavy atom. The highest BCUT2D eigenvalue weighted by molar-refractivity contribution is 5.85. The van der Waals surface area contributed by atoms with Crippen molar-refractivity contribution < 1.29 is 9.53 Å². The first kappa shape index (κ1) is 13.6. The maximum Gasteiger partial charge on any atom is 0.417 e. The fourth-order valence-electron chi connectivity index (χ4n) is 1.54. The topological polar surface area (TPSA) is 104 Å². The first-order chi connectivity index (χ1) is 9.45. The summed E-state index contributed by atoms with van der Waals surface area (Å²) in [6.07, 6.45) is -0.909. The maximum absolute atomic E-state index is 11.6. The van der Waals surface area contributed by atoms with E-state index in [0.717, 1.165) is 0 Å². The number of carbonyl (C=O) groups excluding carboxylic acids is 1. The largest absolute Gasteiger partial charge is 0.417 e. The van der Waals surface area contributed by atoms with Crippen LogP contribution in [-0.2, 0) is 0 Å². The van der Waals surface area contributed by atoms with Gasteiger partial charge in [0.15, 0.2) is 5.75 Å². The van der Waals surface area contributed by atoms with Crippen LogP contribution < -0.4 is 21.2 Å². The molecule has 7 nitrogen and oxygen atoms in total. The van der Waals surface area contributed by atoms with E-state index in [1.54, 1.807) is 26.0 Å². The van der Waals surface area contributed by atoms with Gasteiger partial charge >= 0.3 is 6.09 Å². The van der Waals surface area contributed by atoms with Crippen molar-refractivity contribution in [2.45, 2.75) is 13.8 Å². The Morgan fingerprint density at radius 3 is 2.20 bits per heavy atom. The molecule has 0 radical (unpaired) electrons. The Kier molecular flexibility index (Phi) is 3.69. The summed E-state index contributed by atoms with van der Waals surface area (Å²) in [7, 11) is 0. The van der Waals surface area contributed by atoms with Gasteiger partial charge in [0.2, 0.25) is 0 Å². The van der Waals surface area contributed by atoms with Gasteiger partial charge < -0.3 is 14.7 Å². The van der Waals surface area contributed by atoms with Gasteiger partial charge in [-0.05, 0) is 38.1 Å². The van der Waals surface area contributed by atoms with Crippen molar-refractivity contribution in [2.24, 2.45) is 0 Å². The molecule has 0 aromatic carbocycles. The summed E-state index contributed by atoms with van der Waals surface area (Å²) in [5, 5.41) is 2.27.